The number of aliphatic hydroxyl groups is 1. The van der Waals surface area contributed by atoms with Crippen LogP contribution in [-0.4, -0.2) is 35.3 Å². The van der Waals surface area contributed by atoms with Crippen molar-refractivity contribution in [3.8, 4) is 0 Å². The molecule has 6 heteroatoms. The molecule has 2 aliphatic rings. The molecule has 0 unspecified atom stereocenters. The Hall–Kier alpha value is -2.05. The number of carbonyl (C=O) groups excluding carboxylic acids is 1. The van der Waals surface area contributed by atoms with Crippen LogP contribution < -0.4 is 5.32 Å². The van der Waals surface area contributed by atoms with E-state index in [1.165, 1.54) is 0 Å². The maximum atomic E-state index is 12.8. The van der Waals surface area contributed by atoms with Crippen molar-refractivity contribution in [2.45, 2.75) is 25.1 Å². The molecule has 2 aliphatic heterocycles. The third-order valence-corrected chi connectivity index (χ3v) is 5.76. The van der Waals surface area contributed by atoms with Gasteiger partial charge in [-0.05, 0) is 35.7 Å². The summed E-state index contributed by atoms with van der Waals surface area (Å²) in [5.41, 5.74) is 3.01. The third-order valence-electron chi connectivity index (χ3n) is 5.27. The number of nitrogens with one attached hydrogen (secondary N) is 1. The summed E-state index contributed by atoms with van der Waals surface area (Å²) >= 11 is 3.53. The highest BCUT2D eigenvalue weighted by atomic mass is 79.9. The Balaban J connectivity index is 1.57. The van der Waals surface area contributed by atoms with Crippen molar-refractivity contribution in [2.24, 2.45) is 5.92 Å². The number of hydrogen-bond donors (Lipinski definition) is 2. The van der Waals surface area contributed by atoms with Crippen LogP contribution in [0.15, 0.2) is 53.0 Å². The zero-order chi connectivity index (χ0) is 18.1. The number of nitrogens with zero attached hydrogens (tertiary/aromatic N) is 1. The Kier molecular flexibility index (Phi) is 4.87. The monoisotopic (exact) mass is 416 g/mol. The summed E-state index contributed by atoms with van der Waals surface area (Å²) in [5, 5.41) is 13.2. The summed E-state index contributed by atoms with van der Waals surface area (Å²) in [6, 6.07) is 15.6. The highest BCUT2D eigenvalue weighted by Crippen LogP contribution is 2.47. The normalized spacial score (nSPS) is 23.8. The van der Waals surface area contributed by atoms with Gasteiger partial charge in [0, 0.05) is 22.6 Å². The van der Waals surface area contributed by atoms with Crippen LogP contribution >= 0.6 is 15.9 Å². The molecule has 0 aromatic heterocycles. The van der Waals surface area contributed by atoms with Crippen molar-refractivity contribution in [3.05, 3.63) is 64.1 Å². The number of likely N-dealkylation sites (tertiary alicyclic amines) is 1. The average molecular weight is 417 g/mol. The predicted octanol–water partition coefficient (Wildman–Crippen LogP) is 3.94. The van der Waals surface area contributed by atoms with E-state index in [1.807, 2.05) is 47.4 Å². The van der Waals surface area contributed by atoms with Crippen molar-refractivity contribution in [1.29, 1.82) is 0 Å². The summed E-state index contributed by atoms with van der Waals surface area (Å²) in [4.78, 5) is 14.6. The molecule has 2 aromatic carbocycles. The van der Waals surface area contributed by atoms with E-state index in [9.17, 15) is 9.90 Å². The predicted molar refractivity (Wildman–Crippen MR) is 103 cm³/mol. The number of halogens is 1. The molecule has 5 nitrogen and oxygen atoms in total. The average Bonchev–Trinajstić information content (AvgIpc) is 3.12. The molecule has 2 N–H and O–H groups in total. The molecule has 1 fully saturated rings. The molecule has 3 atom stereocenters. The van der Waals surface area contributed by atoms with Crippen LogP contribution in [0.3, 0.4) is 0 Å². The van der Waals surface area contributed by atoms with Gasteiger partial charge in [0.25, 0.3) is 0 Å². The van der Waals surface area contributed by atoms with Crippen molar-refractivity contribution >= 4 is 27.7 Å². The van der Waals surface area contributed by atoms with Crippen LogP contribution in [0, 0.1) is 5.92 Å². The smallest absolute Gasteiger partial charge is 0.410 e. The Morgan fingerprint density at radius 3 is 2.85 bits per heavy atom. The molecule has 0 bridgehead atoms. The van der Waals surface area contributed by atoms with E-state index < -0.39 is 0 Å². The van der Waals surface area contributed by atoms with E-state index >= 15 is 0 Å². The van der Waals surface area contributed by atoms with Gasteiger partial charge in [0.05, 0.1) is 18.7 Å². The molecular formula is C20H21BrN2O3. The molecule has 2 heterocycles. The molecular weight excluding hydrogens is 396 g/mol. The first-order chi connectivity index (χ1) is 12.7. The van der Waals surface area contributed by atoms with Crippen LogP contribution in [0.1, 0.15) is 23.6 Å². The van der Waals surface area contributed by atoms with Gasteiger partial charge < -0.3 is 20.1 Å². The maximum Gasteiger partial charge on any atom is 0.410 e. The summed E-state index contributed by atoms with van der Waals surface area (Å²) < 4.78 is 6.54. The van der Waals surface area contributed by atoms with Gasteiger partial charge in [-0.2, -0.15) is 0 Å². The van der Waals surface area contributed by atoms with Crippen LogP contribution in [0.5, 0.6) is 0 Å². The fourth-order valence-corrected chi connectivity index (χ4v) is 4.42. The minimum absolute atomic E-state index is 0.0452. The molecule has 1 saturated heterocycles. The third kappa shape index (κ3) is 3.19. The molecule has 2 aromatic rings. The topological polar surface area (TPSA) is 61.8 Å². The molecule has 4 rings (SSSR count). The molecule has 0 aliphatic carbocycles. The number of hydrogen-bond acceptors (Lipinski definition) is 4. The molecule has 1 amide bonds. The maximum absolute atomic E-state index is 12.8. The Bertz CT molecular complexity index is 799. The van der Waals surface area contributed by atoms with Gasteiger partial charge in [-0.1, -0.05) is 46.3 Å². The number of benzene rings is 2. The fourth-order valence-electron chi connectivity index (χ4n) is 4.04. The van der Waals surface area contributed by atoms with E-state index in [0.717, 1.165) is 27.7 Å². The number of aliphatic hydroxyl groups excluding tert-OH is 1. The molecule has 0 radical (unpaired) electrons. The lowest BCUT2D eigenvalue weighted by molar-refractivity contribution is 0.0845. The second-order valence-electron chi connectivity index (χ2n) is 6.80. The SMILES string of the molecule is O=C(OCc1ccccc1)N1CC[C@@H]2[C@@H](CO)Nc3ccc(Br)cc3[C@@H]21. The van der Waals surface area contributed by atoms with E-state index in [4.69, 9.17) is 4.74 Å². The number of anilines is 1. The fraction of sp³-hybridized carbons (Fsp3) is 0.350. The zero-order valence-electron chi connectivity index (χ0n) is 14.3. The van der Waals surface area contributed by atoms with E-state index in [2.05, 4.69) is 27.3 Å². The first-order valence-corrected chi connectivity index (χ1v) is 9.61. The lowest BCUT2D eigenvalue weighted by atomic mass is 9.83. The highest BCUT2D eigenvalue weighted by Gasteiger charge is 2.46. The van der Waals surface area contributed by atoms with Crippen molar-refractivity contribution < 1.29 is 14.6 Å². The Morgan fingerprint density at radius 2 is 2.08 bits per heavy atom. The van der Waals surface area contributed by atoms with Gasteiger partial charge in [0.2, 0.25) is 0 Å². The second-order valence-corrected chi connectivity index (χ2v) is 7.71. The van der Waals surface area contributed by atoms with Crippen LogP contribution in [0.4, 0.5) is 10.5 Å². The molecule has 0 spiro atoms. The second kappa shape index (κ2) is 7.29. The molecule has 0 saturated carbocycles. The highest BCUT2D eigenvalue weighted by molar-refractivity contribution is 9.10. The lowest BCUT2D eigenvalue weighted by Crippen LogP contribution is -2.43. The Labute approximate surface area is 161 Å². The summed E-state index contributed by atoms with van der Waals surface area (Å²) in [6.45, 7) is 0.942. The Morgan fingerprint density at radius 1 is 1.27 bits per heavy atom. The largest absolute Gasteiger partial charge is 0.445 e. The van der Waals surface area contributed by atoms with Gasteiger partial charge in [-0.3, -0.25) is 0 Å². The first-order valence-electron chi connectivity index (χ1n) is 8.81. The van der Waals surface area contributed by atoms with E-state index in [-0.39, 0.29) is 37.3 Å². The summed E-state index contributed by atoms with van der Waals surface area (Å²) in [5.74, 6) is 0.172. The van der Waals surface area contributed by atoms with E-state index in [1.54, 1.807) is 0 Å². The van der Waals surface area contributed by atoms with Crippen LogP contribution in [-0.2, 0) is 11.3 Å². The van der Waals surface area contributed by atoms with Gasteiger partial charge >= 0.3 is 6.09 Å². The van der Waals surface area contributed by atoms with Gasteiger partial charge in [-0.25, -0.2) is 4.79 Å². The van der Waals surface area contributed by atoms with Gasteiger partial charge in [0.1, 0.15) is 6.61 Å². The summed E-state index contributed by atoms with van der Waals surface area (Å²) in [6.07, 6.45) is 0.542. The van der Waals surface area contributed by atoms with Crippen molar-refractivity contribution in [3.63, 3.8) is 0 Å². The number of carbonyl (C=O) groups is 1. The molecule has 26 heavy (non-hydrogen) atoms. The van der Waals surface area contributed by atoms with Crippen LogP contribution in [0.25, 0.3) is 0 Å². The minimum atomic E-state index is -0.300. The number of fused-ring (bicyclic) bond motifs is 3. The number of rotatable bonds is 3. The van der Waals surface area contributed by atoms with Crippen LogP contribution in [0.2, 0.25) is 0 Å². The minimum Gasteiger partial charge on any atom is -0.445 e. The van der Waals surface area contributed by atoms with Crippen molar-refractivity contribution in [1.82, 2.24) is 4.90 Å². The summed E-state index contributed by atoms with van der Waals surface area (Å²) in [7, 11) is 0. The first kappa shape index (κ1) is 17.4. The van der Waals surface area contributed by atoms with Gasteiger partial charge in [0.15, 0.2) is 0 Å². The van der Waals surface area contributed by atoms with Gasteiger partial charge in [-0.15, -0.1) is 0 Å². The zero-order valence-corrected chi connectivity index (χ0v) is 15.9. The number of amides is 1. The van der Waals surface area contributed by atoms with E-state index in [0.29, 0.717) is 6.54 Å². The number of ether oxygens (including phenoxy) is 1. The van der Waals surface area contributed by atoms with Crippen molar-refractivity contribution in [2.75, 3.05) is 18.5 Å². The standard InChI is InChI=1S/C20H21BrN2O3/c21-14-6-7-17-16(10-14)19-15(18(11-24)22-17)8-9-23(19)20(25)26-12-13-4-2-1-3-5-13/h1-7,10,15,18-19,22,24H,8-9,11-12H2/t15-,18-,19-/m1/s1. The lowest BCUT2D eigenvalue weighted by Gasteiger charge is -2.38. The molecule has 136 valence electrons. The quantitative estimate of drug-likeness (QED) is 0.795.